The van der Waals surface area contributed by atoms with E-state index in [1.807, 2.05) is 25.1 Å². The van der Waals surface area contributed by atoms with Crippen molar-refractivity contribution in [2.75, 3.05) is 21.0 Å². The molecule has 0 bridgehead atoms. The highest BCUT2D eigenvalue weighted by Gasteiger charge is 2.36. The Morgan fingerprint density at radius 1 is 1.14 bits per heavy atom. The van der Waals surface area contributed by atoms with Gasteiger partial charge in [-0.15, -0.1) is 0 Å². The molecule has 0 N–H and O–H groups in total. The van der Waals surface area contributed by atoms with Crippen molar-refractivity contribution in [2.45, 2.75) is 32.4 Å². The maximum absolute atomic E-state index is 13.1. The van der Waals surface area contributed by atoms with Gasteiger partial charge in [0.15, 0.2) is 5.76 Å². The van der Waals surface area contributed by atoms with Gasteiger partial charge in [0.25, 0.3) is 0 Å². The number of methoxy groups -OCH3 is 2. The van der Waals surface area contributed by atoms with E-state index in [1.54, 1.807) is 26.4 Å². The van der Waals surface area contributed by atoms with E-state index in [-0.39, 0.29) is 11.5 Å². The molecule has 2 heterocycles. The summed E-state index contributed by atoms with van der Waals surface area (Å²) < 4.78 is 22.7. The van der Waals surface area contributed by atoms with Crippen LogP contribution in [-0.4, -0.2) is 37.7 Å². The van der Waals surface area contributed by atoms with E-state index in [1.165, 1.54) is 12.8 Å². The van der Waals surface area contributed by atoms with Gasteiger partial charge in [0.2, 0.25) is 5.78 Å². The van der Waals surface area contributed by atoms with E-state index >= 15 is 0 Å². The van der Waals surface area contributed by atoms with Gasteiger partial charge >= 0.3 is 0 Å². The highest BCUT2D eigenvalue weighted by atomic mass is 16.5. The molecule has 0 radical (unpaired) electrons. The minimum absolute atomic E-state index is 0.118. The van der Waals surface area contributed by atoms with Gasteiger partial charge in [0, 0.05) is 35.3 Å². The lowest BCUT2D eigenvalue weighted by molar-refractivity contribution is 0.0872. The van der Waals surface area contributed by atoms with E-state index in [0.29, 0.717) is 35.6 Å². The fourth-order valence-corrected chi connectivity index (χ4v) is 4.02. The van der Waals surface area contributed by atoms with E-state index in [9.17, 15) is 4.79 Å². The van der Waals surface area contributed by atoms with Crippen molar-refractivity contribution in [3.8, 4) is 23.0 Å². The second-order valence-electron chi connectivity index (χ2n) is 7.67. The molecule has 5 rings (SSSR count). The molecule has 2 aromatic carbocycles. The number of nitrogens with zero attached hydrogens (tertiary/aromatic N) is 1. The van der Waals surface area contributed by atoms with Crippen LogP contribution < -0.4 is 18.9 Å². The van der Waals surface area contributed by atoms with Gasteiger partial charge in [-0.2, -0.15) is 0 Å². The third kappa shape index (κ3) is 3.04. The molecule has 150 valence electrons. The Hall–Kier alpha value is -2.99. The summed E-state index contributed by atoms with van der Waals surface area (Å²) in [6, 6.07) is 8.00. The summed E-state index contributed by atoms with van der Waals surface area (Å²) in [4.78, 5) is 15.4. The number of hydrogen-bond acceptors (Lipinski definition) is 6. The van der Waals surface area contributed by atoms with E-state index in [2.05, 4.69) is 4.90 Å². The van der Waals surface area contributed by atoms with Crippen LogP contribution in [0.2, 0.25) is 0 Å². The fourth-order valence-electron chi connectivity index (χ4n) is 4.02. The highest BCUT2D eigenvalue weighted by Crippen LogP contribution is 2.44. The number of rotatable bonds is 4. The molecule has 0 unspecified atom stereocenters. The first-order valence-corrected chi connectivity index (χ1v) is 9.78. The number of fused-ring (bicyclic) bond motifs is 2. The zero-order valence-corrected chi connectivity index (χ0v) is 16.8. The first-order chi connectivity index (χ1) is 14.1. The van der Waals surface area contributed by atoms with E-state index in [4.69, 9.17) is 18.9 Å². The molecule has 0 amide bonds. The number of benzene rings is 2. The van der Waals surface area contributed by atoms with Crippen LogP contribution in [0.5, 0.6) is 23.0 Å². The Kier molecular flexibility index (Phi) is 4.24. The summed E-state index contributed by atoms with van der Waals surface area (Å²) in [6.07, 6.45) is 4.17. The average Bonchev–Trinajstić information content (AvgIpc) is 3.55. The average molecular weight is 393 g/mol. The number of ketones is 1. The summed E-state index contributed by atoms with van der Waals surface area (Å²) in [7, 11) is 3.19. The van der Waals surface area contributed by atoms with Crippen molar-refractivity contribution in [1.82, 2.24) is 4.90 Å². The summed E-state index contributed by atoms with van der Waals surface area (Å²) in [5.74, 6) is 2.90. The number of carbonyl (C=O) groups is 1. The molecule has 0 atom stereocenters. The zero-order chi connectivity index (χ0) is 20.1. The number of Topliss-reactive ketones (excluding diaryl/α,β-unsaturated/α-hetero) is 1. The van der Waals surface area contributed by atoms with Crippen LogP contribution in [0, 0.1) is 6.92 Å². The molecule has 3 aliphatic rings. The summed E-state index contributed by atoms with van der Waals surface area (Å²) in [5.41, 5.74) is 3.29. The van der Waals surface area contributed by atoms with Gasteiger partial charge in [0.05, 0.1) is 19.8 Å². The first kappa shape index (κ1) is 18.1. The molecule has 0 aromatic heterocycles. The van der Waals surface area contributed by atoms with Crippen LogP contribution in [0.3, 0.4) is 0 Å². The molecule has 29 heavy (non-hydrogen) atoms. The Bertz CT molecular complexity index is 1040. The quantitative estimate of drug-likeness (QED) is 0.734. The second kappa shape index (κ2) is 6.81. The first-order valence-electron chi connectivity index (χ1n) is 9.78. The number of ether oxygens (including phenoxy) is 4. The molecule has 1 fully saturated rings. The third-order valence-corrected chi connectivity index (χ3v) is 5.76. The van der Waals surface area contributed by atoms with Crippen LogP contribution in [-0.2, 0) is 6.54 Å². The highest BCUT2D eigenvalue weighted by molar-refractivity contribution is 6.15. The Morgan fingerprint density at radius 2 is 1.97 bits per heavy atom. The van der Waals surface area contributed by atoms with Crippen LogP contribution in [0.15, 0.2) is 30.0 Å². The molecule has 2 aromatic rings. The van der Waals surface area contributed by atoms with Crippen molar-refractivity contribution < 1.29 is 23.7 Å². The Labute approximate surface area is 169 Å². The maximum atomic E-state index is 13.1. The van der Waals surface area contributed by atoms with Gasteiger partial charge < -0.3 is 18.9 Å². The van der Waals surface area contributed by atoms with E-state index in [0.717, 1.165) is 29.0 Å². The molecule has 1 aliphatic carbocycles. The molecule has 6 nitrogen and oxygen atoms in total. The molecule has 0 saturated heterocycles. The maximum Gasteiger partial charge on any atom is 0.231 e. The summed E-state index contributed by atoms with van der Waals surface area (Å²) in [5, 5.41) is 0. The molecule has 0 spiro atoms. The van der Waals surface area contributed by atoms with Crippen LogP contribution in [0.1, 0.15) is 39.9 Å². The smallest absolute Gasteiger partial charge is 0.231 e. The van der Waals surface area contributed by atoms with Crippen molar-refractivity contribution in [3.63, 3.8) is 0 Å². The van der Waals surface area contributed by atoms with Crippen molar-refractivity contribution >= 4 is 11.9 Å². The summed E-state index contributed by atoms with van der Waals surface area (Å²) >= 11 is 0. The third-order valence-electron chi connectivity index (χ3n) is 5.76. The van der Waals surface area contributed by atoms with Crippen molar-refractivity contribution in [2.24, 2.45) is 0 Å². The minimum Gasteiger partial charge on any atom is -0.497 e. The molecule has 6 heteroatoms. The van der Waals surface area contributed by atoms with Crippen molar-refractivity contribution in [3.05, 3.63) is 52.3 Å². The monoisotopic (exact) mass is 393 g/mol. The number of carbonyl (C=O) groups excluding carboxylic acids is 1. The fraction of sp³-hybridized carbons (Fsp3) is 0.348. The lowest BCUT2D eigenvalue weighted by atomic mass is 10.00. The SMILES string of the molecule is COc1ccc(/C=C2/Oc3c(cc4c(c3C)OCN(C3CC3)C4)C2=O)c(OC)c1. The number of hydrogen-bond donors (Lipinski definition) is 0. The predicted molar refractivity (Wildman–Crippen MR) is 108 cm³/mol. The second-order valence-corrected chi connectivity index (χ2v) is 7.67. The minimum atomic E-state index is -0.118. The lowest BCUT2D eigenvalue weighted by Crippen LogP contribution is -2.34. The van der Waals surface area contributed by atoms with Gasteiger partial charge in [-0.05, 0) is 44.0 Å². The Morgan fingerprint density at radius 3 is 2.69 bits per heavy atom. The molecular weight excluding hydrogens is 370 g/mol. The molecular formula is C23H23NO5. The van der Waals surface area contributed by atoms with Crippen LogP contribution >= 0.6 is 0 Å². The van der Waals surface area contributed by atoms with E-state index < -0.39 is 0 Å². The molecule has 1 saturated carbocycles. The molecule has 2 aliphatic heterocycles. The van der Waals surface area contributed by atoms with Gasteiger partial charge in [-0.25, -0.2) is 0 Å². The van der Waals surface area contributed by atoms with Gasteiger partial charge in [0.1, 0.15) is 29.7 Å². The number of allylic oxidation sites excluding steroid dienone is 1. The Balaban J connectivity index is 1.50. The topological polar surface area (TPSA) is 57.2 Å². The van der Waals surface area contributed by atoms with Gasteiger partial charge in [-0.1, -0.05) is 0 Å². The standard InChI is InChI=1S/C23H23NO5/c1-13-22-15(11-24(12-28-22)16-5-6-16)8-18-21(25)20(29-23(13)18)9-14-4-7-17(26-2)10-19(14)27-3/h4,7-10,16H,5-6,11-12H2,1-3H3/b20-9+. The normalized spacial score (nSPS) is 19.4. The predicted octanol–water partition coefficient (Wildman–Crippen LogP) is 3.94. The van der Waals surface area contributed by atoms with Crippen molar-refractivity contribution in [1.29, 1.82) is 0 Å². The lowest BCUT2D eigenvalue weighted by Gasteiger charge is -2.30. The summed E-state index contributed by atoms with van der Waals surface area (Å²) in [6.45, 7) is 3.36. The van der Waals surface area contributed by atoms with Crippen LogP contribution in [0.4, 0.5) is 0 Å². The zero-order valence-electron chi connectivity index (χ0n) is 16.8. The van der Waals surface area contributed by atoms with Gasteiger partial charge in [-0.3, -0.25) is 9.69 Å². The van der Waals surface area contributed by atoms with Crippen LogP contribution in [0.25, 0.3) is 6.08 Å². The largest absolute Gasteiger partial charge is 0.497 e.